The Balaban J connectivity index is 2.17. The molecule has 0 aliphatic rings. The molecule has 1 atom stereocenters. The van der Waals surface area contributed by atoms with Gasteiger partial charge in [-0.2, -0.15) is 0 Å². The summed E-state index contributed by atoms with van der Waals surface area (Å²) < 4.78 is 28.9. The Morgan fingerprint density at radius 2 is 1.36 bits per heavy atom. The summed E-state index contributed by atoms with van der Waals surface area (Å²) >= 11 is 11.6. The standard InChI is InChI=1S/C15H15Cl2O4P/c16-12-11-15(17)21-22(18,19-13-7-3-1-4-8-13)20-14-9-5-2-6-10-14/h1-10,15H,11-12H2. The Hall–Kier alpha value is -1.19. The van der Waals surface area contributed by atoms with E-state index in [1.165, 1.54) is 0 Å². The molecule has 0 heterocycles. The van der Waals surface area contributed by atoms with Gasteiger partial charge in [-0.15, -0.1) is 11.6 Å². The van der Waals surface area contributed by atoms with Crippen LogP contribution in [0.3, 0.4) is 0 Å². The Morgan fingerprint density at radius 1 is 0.909 bits per heavy atom. The predicted octanol–water partition coefficient (Wildman–Crippen LogP) is 5.46. The maximum atomic E-state index is 12.8. The lowest BCUT2D eigenvalue weighted by molar-refractivity contribution is 0.188. The Labute approximate surface area is 139 Å². The van der Waals surface area contributed by atoms with Gasteiger partial charge in [0.15, 0.2) is 0 Å². The Kier molecular flexibility index (Phi) is 6.59. The van der Waals surface area contributed by atoms with Crippen LogP contribution in [-0.2, 0) is 9.09 Å². The van der Waals surface area contributed by atoms with Crippen molar-refractivity contribution in [2.75, 3.05) is 5.88 Å². The lowest BCUT2D eigenvalue weighted by Crippen LogP contribution is -2.11. The van der Waals surface area contributed by atoms with Gasteiger partial charge in [-0.05, 0) is 24.3 Å². The van der Waals surface area contributed by atoms with Crippen LogP contribution < -0.4 is 9.05 Å². The highest BCUT2D eigenvalue weighted by atomic mass is 35.5. The molecule has 1 unspecified atom stereocenters. The molecule has 0 spiro atoms. The fraction of sp³-hybridized carbons (Fsp3) is 0.200. The van der Waals surface area contributed by atoms with Crippen molar-refractivity contribution in [1.29, 1.82) is 0 Å². The number of para-hydroxylation sites is 2. The highest BCUT2D eigenvalue weighted by molar-refractivity contribution is 7.49. The van der Waals surface area contributed by atoms with Crippen molar-refractivity contribution in [2.45, 2.75) is 12.0 Å². The first-order chi connectivity index (χ1) is 10.6. The van der Waals surface area contributed by atoms with Crippen molar-refractivity contribution < 1.29 is 18.1 Å². The van der Waals surface area contributed by atoms with Crippen molar-refractivity contribution in [2.24, 2.45) is 0 Å². The summed E-state index contributed by atoms with van der Waals surface area (Å²) in [4.78, 5) is 0. The summed E-state index contributed by atoms with van der Waals surface area (Å²) in [5.74, 6) is 0.984. The minimum absolute atomic E-state index is 0.269. The van der Waals surface area contributed by atoms with E-state index in [0.717, 1.165) is 0 Å². The molecule has 0 saturated heterocycles. The van der Waals surface area contributed by atoms with E-state index in [4.69, 9.17) is 36.8 Å². The SMILES string of the molecule is O=P(Oc1ccccc1)(Oc1ccccc1)OC(Cl)CCCl. The molecule has 2 aromatic rings. The smallest absolute Gasteiger partial charge is 0.395 e. The van der Waals surface area contributed by atoms with E-state index in [2.05, 4.69) is 0 Å². The molecule has 2 rings (SSSR count). The molecule has 118 valence electrons. The molecule has 0 aliphatic heterocycles. The minimum Gasteiger partial charge on any atom is -0.395 e. The number of hydrogen-bond donors (Lipinski definition) is 0. The zero-order valence-corrected chi connectivity index (χ0v) is 14.0. The van der Waals surface area contributed by atoms with Crippen LogP contribution >= 0.6 is 31.0 Å². The first kappa shape index (κ1) is 17.2. The molecular weight excluding hydrogens is 346 g/mol. The summed E-state index contributed by atoms with van der Waals surface area (Å²) in [5, 5.41) is 0. The maximum absolute atomic E-state index is 12.8. The van der Waals surface area contributed by atoms with Crippen LogP contribution in [0.25, 0.3) is 0 Å². The number of halogens is 2. The van der Waals surface area contributed by atoms with E-state index in [-0.39, 0.29) is 5.88 Å². The second kappa shape index (κ2) is 8.44. The third-order valence-corrected chi connectivity index (χ3v) is 4.53. The molecule has 4 nitrogen and oxygen atoms in total. The number of benzene rings is 2. The van der Waals surface area contributed by atoms with E-state index < -0.39 is 13.4 Å². The average molecular weight is 361 g/mol. The van der Waals surface area contributed by atoms with Crippen LogP contribution in [0, 0.1) is 0 Å². The number of hydrogen-bond acceptors (Lipinski definition) is 4. The Bertz CT molecular complexity index is 564. The van der Waals surface area contributed by atoms with E-state index in [9.17, 15) is 4.57 Å². The van der Waals surface area contributed by atoms with Crippen LogP contribution in [0.15, 0.2) is 60.7 Å². The molecule has 2 aromatic carbocycles. The zero-order valence-electron chi connectivity index (χ0n) is 11.6. The average Bonchev–Trinajstić information content (AvgIpc) is 2.49. The van der Waals surface area contributed by atoms with Gasteiger partial charge >= 0.3 is 7.82 Å². The van der Waals surface area contributed by atoms with Gasteiger partial charge < -0.3 is 9.05 Å². The first-order valence-electron chi connectivity index (χ1n) is 6.59. The lowest BCUT2D eigenvalue weighted by atomic mass is 10.3. The highest BCUT2D eigenvalue weighted by Gasteiger charge is 2.34. The fourth-order valence-electron chi connectivity index (χ4n) is 1.56. The largest absolute Gasteiger partial charge is 0.589 e. The van der Waals surface area contributed by atoms with Gasteiger partial charge in [0.1, 0.15) is 17.1 Å². The van der Waals surface area contributed by atoms with Crippen molar-refractivity contribution in [3.05, 3.63) is 60.7 Å². The molecule has 0 saturated carbocycles. The topological polar surface area (TPSA) is 44.8 Å². The van der Waals surface area contributed by atoms with Crippen LogP contribution in [0.5, 0.6) is 11.5 Å². The van der Waals surface area contributed by atoms with Crippen LogP contribution in [0.1, 0.15) is 6.42 Å². The molecule has 0 radical (unpaired) electrons. The molecule has 7 heteroatoms. The van der Waals surface area contributed by atoms with E-state index in [1.807, 2.05) is 12.1 Å². The van der Waals surface area contributed by atoms with Gasteiger partial charge in [0.05, 0.1) is 0 Å². The zero-order chi connectivity index (χ0) is 15.8. The minimum atomic E-state index is -3.94. The van der Waals surface area contributed by atoms with Crippen LogP contribution in [0.4, 0.5) is 0 Å². The quantitative estimate of drug-likeness (QED) is 0.462. The van der Waals surface area contributed by atoms with Crippen molar-refractivity contribution in [1.82, 2.24) is 0 Å². The summed E-state index contributed by atoms with van der Waals surface area (Å²) in [7, 11) is -3.94. The van der Waals surface area contributed by atoms with E-state index >= 15 is 0 Å². The second-order valence-electron chi connectivity index (χ2n) is 4.25. The molecule has 0 aromatic heterocycles. The van der Waals surface area contributed by atoms with Crippen molar-refractivity contribution in [3.63, 3.8) is 0 Å². The summed E-state index contributed by atoms with van der Waals surface area (Å²) in [6.45, 7) is 0. The third-order valence-electron chi connectivity index (χ3n) is 2.50. The monoisotopic (exact) mass is 360 g/mol. The fourth-order valence-corrected chi connectivity index (χ4v) is 3.54. The first-order valence-corrected chi connectivity index (χ1v) is 9.02. The molecule has 0 amide bonds. The van der Waals surface area contributed by atoms with Gasteiger partial charge in [-0.1, -0.05) is 48.0 Å². The number of phosphoric acid groups is 1. The van der Waals surface area contributed by atoms with E-state index in [1.54, 1.807) is 48.5 Å². The van der Waals surface area contributed by atoms with Crippen molar-refractivity contribution >= 4 is 31.0 Å². The normalized spacial score (nSPS) is 12.6. The van der Waals surface area contributed by atoms with E-state index in [0.29, 0.717) is 17.9 Å². The Morgan fingerprint density at radius 3 is 1.77 bits per heavy atom. The number of rotatable bonds is 8. The highest BCUT2D eigenvalue weighted by Crippen LogP contribution is 2.51. The molecule has 0 fully saturated rings. The molecule has 0 bridgehead atoms. The van der Waals surface area contributed by atoms with Gasteiger partial charge in [0, 0.05) is 12.3 Å². The maximum Gasteiger partial charge on any atom is 0.589 e. The van der Waals surface area contributed by atoms with Gasteiger partial charge in [0.25, 0.3) is 0 Å². The van der Waals surface area contributed by atoms with Crippen molar-refractivity contribution in [3.8, 4) is 11.5 Å². The van der Waals surface area contributed by atoms with Crippen LogP contribution in [0.2, 0.25) is 0 Å². The third kappa shape index (κ3) is 5.54. The van der Waals surface area contributed by atoms with Crippen LogP contribution in [-0.4, -0.2) is 11.4 Å². The summed E-state index contributed by atoms with van der Waals surface area (Å²) in [6, 6.07) is 17.2. The second-order valence-corrected chi connectivity index (χ2v) is 6.58. The summed E-state index contributed by atoms with van der Waals surface area (Å²) in [6.07, 6.45) is 0.309. The predicted molar refractivity (Wildman–Crippen MR) is 87.8 cm³/mol. The van der Waals surface area contributed by atoms with Gasteiger partial charge in [0.2, 0.25) is 0 Å². The van der Waals surface area contributed by atoms with Gasteiger partial charge in [-0.25, -0.2) is 9.09 Å². The van der Waals surface area contributed by atoms with Gasteiger partial charge in [-0.3, -0.25) is 0 Å². The number of alkyl halides is 2. The summed E-state index contributed by atoms with van der Waals surface area (Å²) in [5.41, 5.74) is -0.879. The molecule has 0 N–H and O–H groups in total. The molecular formula is C15H15Cl2O4P. The molecule has 22 heavy (non-hydrogen) atoms. The molecule has 0 aliphatic carbocycles. The lowest BCUT2D eigenvalue weighted by Gasteiger charge is -2.21. The number of phosphoric ester groups is 1.